The van der Waals surface area contributed by atoms with Crippen molar-refractivity contribution >= 4 is 17.9 Å². The number of amides is 2. The van der Waals surface area contributed by atoms with Crippen LogP contribution >= 0.6 is 0 Å². The average molecular weight is 384 g/mol. The second-order valence-electron chi connectivity index (χ2n) is 8.19. The molecule has 1 aromatic rings. The van der Waals surface area contributed by atoms with E-state index in [1.165, 1.54) is 5.56 Å². The number of rotatable bonds is 5. The number of likely N-dealkylation sites (tertiary alicyclic amines) is 1. The lowest BCUT2D eigenvalue weighted by Crippen LogP contribution is -2.52. The Hall–Kier alpha value is -2.14. The third-order valence-corrected chi connectivity index (χ3v) is 5.81. The first-order valence-corrected chi connectivity index (χ1v) is 10.6. The minimum absolute atomic E-state index is 0.0382. The van der Waals surface area contributed by atoms with Gasteiger partial charge in [-0.2, -0.15) is 0 Å². The molecule has 5 nitrogen and oxygen atoms in total. The maximum Gasteiger partial charge on any atom is 0.225 e. The summed E-state index contributed by atoms with van der Waals surface area (Å²) in [7, 11) is 0. The Kier molecular flexibility index (Phi) is 7.26. The smallest absolute Gasteiger partial charge is 0.225 e. The van der Waals surface area contributed by atoms with Crippen LogP contribution in [0.2, 0.25) is 0 Å². The molecule has 1 aromatic carbocycles. The molecule has 2 saturated heterocycles. The number of benzene rings is 1. The van der Waals surface area contributed by atoms with Crippen molar-refractivity contribution in [1.29, 1.82) is 0 Å². The van der Waals surface area contributed by atoms with E-state index in [1.807, 2.05) is 41.8 Å². The van der Waals surface area contributed by atoms with Crippen LogP contribution in [0.25, 0.3) is 6.08 Å². The molecule has 3 rings (SSSR count). The molecule has 0 spiro atoms. The lowest BCUT2D eigenvalue weighted by Gasteiger charge is -2.38. The summed E-state index contributed by atoms with van der Waals surface area (Å²) in [5.74, 6) is 0.621. The quantitative estimate of drug-likeness (QED) is 0.785. The van der Waals surface area contributed by atoms with Crippen LogP contribution in [-0.2, 0) is 9.59 Å². The molecule has 0 aromatic heterocycles. The van der Waals surface area contributed by atoms with Crippen LogP contribution in [0.1, 0.15) is 32.3 Å². The fourth-order valence-corrected chi connectivity index (χ4v) is 4.02. The number of hydrogen-bond donors (Lipinski definition) is 0. The molecule has 0 N–H and O–H groups in total. The van der Waals surface area contributed by atoms with Crippen molar-refractivity contribution in [3.05, 3.63) is 42.0 Å². The largest absolute Gasteiger partial charge is 0.342 e. The van der Waals surface area contributed by atoms with Gasteiger partial charge in [0.05, 0.1) is 0 Å². The molecule has 2 fully saturated rings. The number of nitrogens with zero attached hydrogens (tertiary/aromatic N) is 3. The molecular weight excluding hydrogens is 350 g/mol. The molecule has 2 heterocycles. The fourth-order valence-electron chi connectivity index (χ4n) is 4.02. The van der Waals surface area contributed by atoms with Gasteiger partial charge in [-0.25, -0.2) is 0 Å². The zero-order chi connectivity index (χ0) is 19.9. The monoisotopic (exact) mass is 383 g/mol. The molecule has 0 saturated carbocycles. The highest BCUT2D eigenvalue weighted by Gasteiger charge is 2.31. The number of carbonyl (C=O) groups excluding carboxylic acids is 2. The number of piperidine rings is 1. The first-order valence-electron chi connectivity index (χ1n) is 10.6. The van der Waals surface area contributed by atoms with Gasteiger partial charge in [0.15, 0.2) is 0 Å². The van der Waals surface area contributed by atoms with Crippen molar-refractivity contribution in [2.45, 2.75) is 26.7 Å². The summed E-state index contributed by atoms with van der Waals surface area (Å²) in [4.78, 5) is 31.3. The number of hydrogen-bond acceptors (Lipinski definition) is 3. The van der Waals surface area contributed by atoms with E-state index < -0.39 is 0 Å². The second-order valence-corrected chi connectivity index (χ2v) is 8.19. The third-order valence-electron chi connectivity index (χ3n) is 5.81. The highest BCUT2D eigenvalue weighted by atomic mass is 16.2. The van der Waals surface area contributed by atoms with Crippen molar-refractivity contribution in [2.24, 2.45) is 11.8 Å². The summed E-state index contributed by atoms with van der Waals surface area (Å²) in [6.45, 7) is 9.71. The SMILES string of the molecule is CC(C)C(=O)N1CCC(C(=O)N2CCN(C/C=C/c3ccccc3)CC2)CC1. The van der Waals surface area contributed by atoms with Gasteiger partial charge in [-0.3, -0.25) is 14.5 Å². The molecule has 2 aliphatic rings. The highest BCUT2D eigenvalue weighted by molar-refractivity contribution is 5.81. The Bertz CT molecular complexity index is 670. The van der Waals surface area contributed by atoms with Crippen molar-refractivity contribution in [2.75, 3.05) is 45.8 Å². The topological polar surface area (TPSA) is 43.9 Å². The summed E-state index contributed by atoms with van der Waals surface area (Å²) in [6.07, 6.45) is 5.96. The summed E-state index contributed by atoms with van der Waals surface area (Å²) in [5, 5.41) is 0. The van der Waals surface area contributed by atoms with Crippen LogP contribution in [0, 0.1) is 11.8 Å². The van der Waals surface area contributed by atoms with Crippen LogP contribution in [0.4, 0.5) is 0 Å². The molecule has 0 aliphatic carbocycles. The second kappa shape index (κ2) is 9.87. The first-order chi connectivity index (χ1) is 13.5. The molecule has 28 heavy (non-hydrogen) atoms. The van der Waals surface area contributed by atoms with Crippen LogP contribution in [0.3, 0.4) is 0 Å². The van der Waals surface area contributed by atoms with Gasteiger partial charge in [0, 0.05) is 57.6 Å². The Balaban J connectivity index is 1.39. The van der Waals surface area contributed by atoms with Gasteiger partial charge in [-0.15, -0.1) is 0 Å². The summed E-state index contributed by atoms with van der Waals surface area (Å²) < 4.78 is 0. The zero-order valence-electron chi connectivity index (χ0n) is 17.2. The standard InChI is InChI=1S/C23H33N3O2/c1-19(2)22(27)25-13-10-21(11-14-25)23(28)26-17-15-24(16-18-26)12-6-9-20-7-4-3-5-8-20/h3-9,19,21H,10-18H2,1-2H3/b9-6+. The van der Waals surface area contributed by atoms with E-state index >= 15 is 0 Å². The molecule has 0 bridgehead atoms. The van der Waals surface area contributed by atoms with Gasteiger partial charge in [0.1, 0.15) is 0 Å². The number of carbonyl (C=O) groups is 2. The van der Waals surface area contributed by atoms with Crippen LogP contribution in [0.5, 0.6) is 0 Å². The first kappa shape index (κ1) is 20.6. The van der Waals surface area contributed by atoms with Gasteiger partial charge in [0.25, 0.3) is 0 Å². The maximum absolute atomic E-state index is 12.9. The Morgan fingerprint density at radius 3 is 2.21 bits per heavy atom. The predicted octanol–water partition coefficient (Wildman–Crippen LogP) is 2.74. The summed E-state index contributed by atoms with van der Waals surface area (Å²) in [6, 6.07) is 10.3. The predicted molar refractivity (Wildman–Crippen MR) is 113 cm³/mol. The lowest BCUT2D eigenvalue weighted by molar-refractivity contribution is -0.143. The minimum Gasteiger partial charge on any atom is -0.342 e. The fraction of sp³-hybridized carbons (Fsp3) is 0.565. The molecule has 0 unspecified atom stereocenters. The Labute approximate surface area is 169 Å². The molecule has 0 atom stereocenters. The van der Waals surface area contributed by atoms with E-state index in [-0.39, 0.29) is 23.7 Å². The molecule has 5 heteroatoms. The van der Waals surface area contributed by atoms with E-state index in [9.17, 15) is 9.59 Å². The lowest BCUT2D eigenvalue weighted by atomic mass is 9.94. The molecule has 0 radical (unpaired) electrons. The Morgan fingerprint density at radius 2 is 1.61 bits per heavy atom. The summed E-state index contributed by atoms with van der Waals surface area (Å²) >= 11 is 0. The van der Waals surface area contributed by atoms with Crippen LogP contribution in [0.15, 0.2) is 36.4 Å². The van der Waals surface area contributed by atoms with Crippen molar-refractivity contribution < 1.29 is 9.59 Å². The molecule has 152 valence electrons. The van der Waals surface area contributed by atoms with Crippen molar-refractivity contribution in [1.82, 2.24) is 14.7 Å². The van der Waals surface area contributed by atoms with Gasteiger partial charge in [-0.05, 0) is 18.4 Å². The normalized spacial score (nSPS) is 19.5. The van der Waals surface area contributed by atoms with Crippen LogP contribution in [-0.4, -0.2) is 72.3 Å². The third kappa shape index (κ3) is 5.44. The molecular formula is C23H33N3O2. The van der Waals surface area contributed by atoms with E-state index in [0.717, 1.165) is 58.7 Å². The zero-order valence-corrected chi connectivity index (χ0v) is 17.2. The van der Waals surface area contributed by atoms with Crippen molar-refractivity contribution in [3.63, 3.8) is 0 Å². The average Bonchev–Trinajstić information content (AvgIpc) is 2.74. The Morgan fingerprint density at radius 1 is 0.964 bits per heavy atom. The maximum atomic E-state index is 12.9. The summed E-state index contributed by atoms with van der Waals surface area (Å²) in [5.41, 5.74) is 1.22. The highest BCUT2D eigenvalue weighted by Crippen LogP contribution is 2.21. The van der Waals surface area contributed by atoms with Gasteiger partial charge in [-0.1, -0.05) is 56.3 Å². The van der Waals surface area contributed by atoms with E-state index in [0.29, 0.717) is 0 Å². The van der Waals surface area contributed by atoms with Gasteiger partial charge < -0.3 is 9.80 Å². The molecule has 2 aliphatic heterocycles. The van der Waals surface area contributed by atoms with Gasteiger partial charge >= 0.3 is 0 Å². The molecule has 2 amide bonds. The number of piperazine rings is 1. The van der Waals surface area contributed by atoms with Crippen LogP contribution < -0.4 is 0 Å². The van der Waals surface area contributed by atoms with E-state index in [2.05, 4.69) is 29.2 Å². The van der Waals surface area contributed by atoms with Gasteiger partial charge in [0.2, 0.25) is 11.8 Å². The minimum atomic E-state index is 0.0382. The van der Waals surface area contributed by atoms with E-state index in [4.69, 9.17) is 0 Å². The van der Waals surface area contributed by atoms with Crippen molar-refractivity contribution in [3.8, 4) is 0 Å². The van der Waals surface area contributed by atoms with E-state index in [1.54, 1.807) is 0 Å².